The number of aliphatic hydroxyl groups excluding tert-OH is 1. The van der Waals surface area contributed by atoms with Crippen molar-refractivity contribution in [1.29, 1.82) is 0 Å². The van der Waals surface area contributed by atoms with Crippen LogP contribution in [0.25, 0.3) is 0 Å². The molecule has 0 aliphatic heterocycles. The lowest BCUT2D eigenvalue weighted by Crippen LogP contribution is -2.36. The van der Waals surface area contributed by atoms with Crippen molar-refractivity contribution in [2.45, 2.75) is 37.8 Å². The van der Waals surface area contributed by atoms with Gasteiger partial charge in [-0.1, -0.05) is 42.0 Å². The third-order valence-corrected chi connectivity index (χ3v) is 5.59. The minimum absolute atomic E-state index is 0.265. The Morgan fingerprint density at radius 1 is 1.12 bits per heavy atom. The molecule has 3 N–H and O–H groups in total. The number of nitrogens with one attached hydrogen (secondary N) is 1. The highest BCUT2D eigenvalue weighted by atomic mass is 19.4. The molecule has 1 amide bonds. The Morgan fingerprint density at radius 3 is 2.24 bits per heavy atom. The van der Waals surface area contributed by atoms with Crippen LogP contribution in [0.5, 0.6) is 11.6 Å². The second-order valence-corrected chi connectivity index (χ2v) is 8.10. The van der Waals surface area contributed by atoms with Crippen LogP contribution in [0, 0.1) is 6.92 Å². The van der Waals surface area contributed by atoms with E-state index in [0.717, 1.165) is 10.2 Å². The number of alkyl halides is 3. The van der Waals surface area contributed by atoms with Gasteiger partial charge >= 0.3 is 6.18 Å². The molecule has 0 atom stereocenters. The van der Waals surface area contributed by atoms with Crippen LogP contribution in [0.1, 0.15) is 51.9 Å². The maximum atomic E-state index is 13.7. The van der Waals surface area contributed by atoms with E-state index >= 15 is 0 Å². The highest BCUT2D eigenvalue weighted by Crippen LogP contribution is 2.47. The summed E-state index contributed by atoms with van der Waals surface area (Å²) in [5, 5.41) is 24.8. The number of ether oxygens (including phenoxy) is 1. The molecule has 0 bridgehead atoms. The molecule has 1 aromatic heterocycles. The van der Waals surface area contributed by atoms with Gasteiger partial charge in [-0.25, -0.2) is 4.68 Å². The molecule has 4 rings (SSSR count). The standard InChI is InChI=1S/C23H22F3N3O4/c1-13-3-9-16(10-4-13)33-20-17(18(23(24,25)26)28-29(20)2)19(30)27-22(11-12-22)15-7-5-14(6-8-15)21(31)32/h3-10,21,31-32H,11-12H2,1-2H3,(H,27,30). The number of aromatic nitrogens is 2. The third-order valence-electron chi connectivity index (χ3n) is 5.59. The zero-order valence-corrected chi connectivity index (χ0v) is 17.8. The number of aryl methyl sites for hydroxylation is 2. The number of hydrogen-bond acceptors (Lipinski definition) is 5. The first-order valence-electron chi connectivity index (χ1n) is 10.2. The van der Waals surface area contributed by atoms with E-state index in [4.69, 9.17) is 4.74 Å². The van der Waals surface area contributed by atoms with Crippen LogP contribution < -0.4 is 10.1 Å². The minimum Gasteiger partial charge on any atom is -0.438 e. The van der Waals surface area contributed by atoms with Crippen LogP contribution in [-0.2, 0) is 18.8 Å². The van der Waals surface area contributed by atoms with Crippen molar-refractivity contribution < 1.29 is 32.9 Å². The van der Waals surface area contributed by atoms with Crippen LogP contribution >= 0.6 is 0 Å². The van der Waals surface area contributed by atoms with Crippen molar-refractivity contribution in [2.24, 2.45) is 7.05 Å². The van der Waals surface area contributed by atoms with Crippen LogP contribution in [0.3, 0.4) is 0 Å². The van der Waals surface area contributed by atoms with E-state index in [1.165, 1.54) is 19.2 Å². The Kier molecular flexibility index (Phi) is 5.67. The lowest BCUT2D eigenvalue weighted by atomic mass is 10.0. The van der Waals surface area contributed by atoms with Crippen molar-refractivity contribution in [3.63, 3.8) is 0 Å². The van der Waals surface area contributed by atoms with Gasteiger partial charge in [-0.15, -0.1) is 0 Å². The van der Waals surface area contributed by atoms with Gasteiger partial charge in [-0.05, 0) is 37.5 Å². The molecule has 1 heterocycles. The SMILES string of the molecule is Cc1ccc(Oc2c(C(=O)NC3(c4ccc(C(O)O)cc4)CC3)c(C(F)(F)F)nn2C)cc1. The molecule has 2 aromatic carbocycles. The fraction of sp³-hybridized carbons (Fsp3) is 0.304. The van der Waals surface area contributed by atoms with E-state index in [9.17, 15) is 28.2 Å². The molecule has 174 valence electrons. The van der Waals surface area contributed by atoms with Crippen LogP contribution in [0.4, 0.5) is 13.2 Å². The molecule has 1 saturated carbocycles. The fourth-order valence-electron chi connectivity index (χ4n) is 3.61. The quantitative estimate of drug-likeness (QED) is 0.483. The summed E-state index contributed by atoms with van der Waals surface area (Å²) in [6.45, 7) is 1.86. The highest BCUT2D eigenvalue weighted by molar-refractivity contribution is 5.98. The lowest BCUT2D eigenvalue weighted by molar-refractivity contribution is -0.141. The first kappa shape index (κ1) is 22.8. The molecule has 0 radical (unpaired) electrons. The Labute approximate surface area is 187 Å². The van der Waals surface area contributed by atoms with Gasteiger partial charge in [0.1, 0.15) is 11.3 Å². The van der Waals surface area contributed by atoms with Crippen molar-refractivity contribution >= 4 is 5.91 Å². The summed E-state index contributed by atoms with van der Waals surface area (Å²) in [5.41, 5.74) is -1.02. The summed E-state index contributed by atoms with van der Waals surface area (Å²) >= 11 is 0. The topological polar surface area (TPSA) is 96.6 Å². The number of carbonyl (C=O) groups excluding carboxylic acids is 1. The summed E-state index contributed by atoms with van der Waals surface area (Å²) in [6, 6.07) is 12.9. The molecule has 10 heteroatoms. The zero-order chi connectivity index (χ0) is 24.0. The van der Waals surface area contributed by atoms with Gasteiger partial charge in [0.2, 0.25) is 5.88 Å². The summed E-state index contributed by atoms with van der Waals surface area (Å²) in [7, 11) is 1.28. The predicted octanol–water partition coefficient (Wildman–Crippen LogP) is 3.94. The maximum absolute atomic E-state index is 13.7. The number of rotatable bonds is 6. The maximum Gasteiger partial charge on any atom is 0.436 e. The first-order chi connectivity index (χ1) is 15.5. The minimum atomic E-state index is -4.87. The summed E-state index contributed by atoms with van der Waals surface area (Å²) in [5.74, 6) is -1.01. The van der Waals surface area contributed by atoms with E-state index < -0.39 is 35.2 Å². The molecule has 0 spiro atoms. The fourth-order valence-corrected chi connectivity index (χ4v) is 3.61. The average Bonchev–Trinajstić information content (AvgIpc) is 3.45. The van der Waals surface area contributed by atoms with Crippen molar-refractivity contribution in [1.82, 2.24) is 15.1 Å². The Hall–Kier alpha value is -3.37. The average molecular weight is 461 g/mol. The van der Waals surface area contributed by atoms with E-state index in [1.807, 2.05) is 6.92 Å². The number of aliphatic hydroxyl groups is 2. The molecule has 1 fully saturated rings. The molecule has 1 aliphatic carbocycles. The molecular weight excluding hydrogens is 439 g/mol. The van der Waals surface area contributed by atoms with E-state index in [0.29, 0.717) is 18.4 Å². The Bertz CT molecular complexity index is 1170. The molecular formula is C23H22F3N3O4. The Morgan fingerprint density at radius 2 is 1.73 bits per heavy atom. The number of amides is 1. The van der Waals surface area contributed by atoms with Gasteiger partial charge in [0.15, 0.2) is 12.0 Å². The van der Waals surface area contributed by atoms with Gasteiger partial charge in [-0.2, -0.15) is 18.3 Å². The molecule has 0 saturated heterocycles. The molecule has 33 heavy (non-hydrogen) atoms. The second kappa shape index (κ2) is 8.20. The van der Waals surface area contributed by atoms with Crippen LogP contribution in [0.2, 0.25) is 0 Å². The number of carbonyl (C=O) groups is 1. The van der Waals surface area contributed by atoms with Crippen molar-refractivity contribution in [3.8, 4) is 11.6 Å². The van der Waals surface area contributed by atoms with Crippen molar-refractivity contribution in [3.05, 3.63) is 76.5 Å². The summed E-state index contributed by atoms with van der Waals surface area (Å²) < 4.78 is 47.7. The second-order valence-electron chi connectivity index (χ2n) is 8.10. The van der Waals surface area contributed by atoms with E-state index in [2.05, 4.69) is 10.4 Å². The van der Waals surface area contributed by atoms with Gasteiger partial charge in [0.05, 0.1) is 5.54 Å². The van der Waals surface area contributed by atoms with E-state index in [-0.39, 0.29) is 17.2 Å². The van der Waals surface area contributed by atoms with E-state index in [1.54, 1.807) is 36.4 Å². The number of halogens is 3. The normalized spacial score (nSPS) is 14.9. The predicted molar refractivity (Wildman–Crippen MR) is 111 cm³/mol. The monoisotopic (exact) mass is 461 g/mol. The largest absolute Gasteiger partial charge is 0.438 e. The summed E-state index contributed by atoms with van der Waals surface area (Å²) in [4.78, 5) is 13.2. The smallest absolute Gasteiger partial charge is 0.436 e. The van der Waals surface area contributed by atoms with Gasteiger partial charge in [0, 0.05) is 12.6 Å². The van der Waals surface area contributed by atoms with Gasteiger partial charge in [-0.3, -0.25) is 4.79 Å². The molecule has 0 unspecified atom stereocenters. The molecule has 1 aliphatic rings. The molecule has 7 nitrogen and oxygen atoms in total. The third kappa shape index (κ3) is 4.57. The van der Waals surface area contributed by atoms with Gasteiger partial charge in [0.25, 0.3) is 5.91 Å². The lowest BCUT2D eigenvalue weighted by Gasteiger charge is -2.19. The first-order valence-corrected chi connectivity index (χ1v) is 10.2. The molecule has 3 aromatic rings. The number of hydrogen-bond donors (Lipinski definition) is 3. The highest BCUT2D eigenvalue weighted by Gasteiger charge is 2.48. The van der Waals surface area contributed by atoms with Crippen LogP contribution in [-0.4, -0.2) is 25.9 Å². The van der Waals surface area contributed by atoms with Gasteiger partial charge < -0.3 is 20.3 Å². The van der Waals surface area contributed by atoms with Crippen LogP contribution in [0.15, 0.2) is 48.5 Å². The zero-order valence-electron chi connectivity index (χ0n) is 17.8. The summed E-state index contributed by atoms with van der Waals surface area (Å²) in [6.07, 6.45) is -5.46. The van der Waals surface area contributed by atoms with Crippen molar-refractivity contribution in [2.75, 3.05) is 0 Å². The Balaban J connectivity index is 1.68. The number of benzene rings is 2. The number of nitrogens with zero attached hydrogens (tertiary/aromatic N) is 2.